The van der Waals surface area contributed by atoms with Gasteiger partial charge in [-0.1, -0.05) is 37.0 Å². The Labute approximate surface area is 129 Å². The summed E-state index contributed by atoms with van der Waals surface area (Å²) in [6, 6.07) is 4.95. The Morgan fingerprint density at radius 2 is 2.10 bits per heavy atom. The van der Waals surface area contributed by atoms with Crippen LogP contribution in [0.25, 0.3) is 0 Å². The van der Waals surface area contributed by atoms with E-state index in [0.29, 0.717) is 15.7 Å². The lowest BCUT2D eigenvalue weighted by Gasteiger charge is -2.39. The standard InChI is InChI=1S/C14H19Cl2N3O/c1-14(2)8-17-6-5-12(14)19-13(20)18-9-3-4-10(15)11(16)7-9/h3-4,7,12,17H,5-6,8H2,1-2H3,(H2,18,19,20). The van der Waals surface area contributed by atoms with Crippen molar-refractivity contribution >= 4 is 34.9 Å². The topological polar surface area (TPSA) is 53.2 Å². The number of carbonyl (C=O) groups excluding carboxylic acids is 1. The fourth-order valence-electron chi connectivity index (χ4n) is 2.34. The molecule has 1 aliphatic heterocycles. The van der Waals surface area contributed by atoms with Gasteiger partial charge in [-0.25, -0.2) is 4.79 Å². The van der Waals surface area contributed by atoms with Crippen LogP contribution in [-0.2, 0) is 0 Å². The molecule has 0 radical (unpaired) electrons. The van der Waals surface area contributed by atoms with Crippen molar-refractivity contribution < 1.29 is 4.79 Å². The largest absolute Gasteiger partial charge is 0.335 e. The molecule has 20 heavy (non-hydrogen) atoms. The molecular formula is C14H19Cl2N3O. The Kier molecular flexibility index (Phi) is 4.78. The van der Waals surface area contributed by atoms with E-state index in [9.17, 15) is 4.79 Å². The quantitative estimate of drug-likeness (QED) is 0.782. The Balaban J connectivity index is 1.96. The maximum Gasteiger partial charge on any atom is 0.319 e. The van der Waals surface area contributed by atoms with Crippen molar-refractivity contribution in [3.05, 3.63) is 28.2 Å². The summed E-state index contributed by atoms with van der Waals surface area (Å²) in [4.78, 5) is 12.0. The zero-order valence-electron chi connectivity index (χ0n) is 11.6. The Hall–Kier alpha value is -0.970. The number of amides is 2. The van der Waals surface area contributed by atoms with Crippen LogP contribution in [-0.4, -0.2) is 25.2 Å². The number of nitrogens with one attached hydrogen (secondary N) is 3. The molecule has 4 nitrogen and oxygen atoms in total. The van der Waals surface area contributed by atoms with Crippen LogP contribution < -0.4 is 16.0 Å². The summed E-state index contributed by atoms with van der Waals surface area (Å²) >= 11 is 11.8. The van der Waals surface area contributed by atoms with E-state index in [1.807, 2.05) is 0 Å². The third-order valence-electron chi connectivity index (χ3n) is 3.62. The molecule has 1 aliphatic rings. The number of hydrogen-bond donors (Lipinski definition) is 3. The lowest BCUT2D eigenvalue weighted by molar-refractivity contribution is 0.184. The van der Waals surface area contributed by atoms with Gasteiger partial charge in [0.1, 0.15) is 0 Å². The lowest BCUT2D eigenvalue weighted by atomic mass is 9.80. The van der Waals surface area contributed by atoms with Gasteiger partial charge < -0.3 is 16.0 Å². The SMILES string of the molecule is CC1(C)CNCCC1NC(=O)Nc1ccc(Cl)c(Cl)c1. The van der Waals surface area contributed by atoms with Crippen molar-refractivity contribution in [3.8, 4) is 0 Å². The highest BCUT2D eigenvalue weighted by atomic mass is 35.5. The fourth-order valence-corrected chi connectivity index (χ4v) is 2.64. The first-order valence-electron chi connectivity index (χ1n) is 6.62. The van der Waals surface area contributed by atoms with Gasteiger partial charge in [-0.15, -0.1) is 0 Å². The van der Waals surface area contributed by atoms with Crippen LogP contribution in [0.2, 0.25) is 10.0 Å². The average molecular weight is 316 g/mol. The molecule has 1 heterocycles. The monoisotopic (exact) mass is 315 g/mol. The van der Waals surface area contributed by atoms with Gasteiger partial charge in [0.2, 0.25) is 0 Å². The molecule has 2 rings (SSSR count). The molecule has 0 aromatic heterocycles. The van der Waals surface area contributed by atoms with Gasteiger partial charge in [0.05, 0.1) is 10.0 Å². The van der Waals surface area contributed by atoms with E-state index in [1.54, 1.807) is 18.2 Å². The molecule has 0 bridgehead atoms. The molecule has 0 saturated carbocycles. The number of hydrogen-bond acceptors (Lipinski definition) is 2. The van der Waals surface area contributed by atoms with Gasteiger partial charge in [-0.2, -0.15) is 0 Å². The van der Waals surface area contributed by atoms with Crippen molar-refractivity contribution in [2.45, 2.75) is 26.3 Å². The molecule has 1 aromatic rings. The number of urea groups is 1. The Bertz CT molecular complexity index is 505. The van der Waals surface area contributed by atoms with E-state index < -0.39 is 0 Å². The molecule has 1 aromatic carbocycles. The summed E-state index contributed by atoms with van der Waals surface area (Å²) in [6.07, 6.45) is 0.918. The first-order chi connectivity index (χ1) is 9.38. The average Bonchev–Trinajstić information content (AvgIpc) is 2.36. The van der Waals surface area contributed by atoms with Crippen LogP contribution in [0.3, 0.4) is 0 Å². The van der Waals surface area contributed by atoms with E-state index in [0.717, 1.165) is 19.5 Å². The predicted octanol–water partition coefficient (Wildman–Crippen LogP) is 3.50. The van der Waals surface area contributed by atoms with E-state index in [1.165, 1.54) is 0 Å². The smallest absolute Gasteiger partial charge is 0.319 e. The normalized spacial score (nSPS) is 21.3. The maximum atomic E-state index is 12.0. The molecule has 1 fully saturated rings. The first-order valence-corrected chi connectivity index (χ1v) is 7.37. The molecule has 1 atom stereocenters. The highest BCUT2D eigenvalue weighted by Crippen LogP contribution is 2.26. The molecule has 3 N–H and O–H groups in total. The summed E-state index contributed by atoms with van der Waals surface area (Å²) in [7, 11) is 0. The van der Waals surface area contributed by atoms with Gasteiger partial charge in [0.15, 0.2) is 0 Å². The molecule has 110 valence electrons. The van der Waals surface area contributed by atoms with Gasteiger partial charge in [0.25, 0.3) is 0 Å². The van der Waals surface area contributed by atoms with Crippen molar-refractivity contribution in [1.29, 1.82) is 0 Å². The minimum Gasteiger partial charge on any atom is -0.335 e. The van der Waals surface area contributed by atoms with E-state index in [-0.39, 0.29) is 17.5 Å². The fraction of sp³-hybridized carbons (Fsp3) is 0.500. The number of rotatable bonds is 2. The van der Waals surface area contributed by atoms with Gasteiger partial charge in [0, 0.05) is 18.3 Å². The summed E-state index contributed by atoms with van der Waals surface area (Å²) in [5, 5.41) is 10.0. The third kappa shape index (κ3) is 3.78. The molecule has 2 amide bonds. The predicted molar refractivity (Wildman–Crippen MR) is 83.7 cm³/mol. The Morgan fingerprint density at radius 1 is 1.35 bits per heavy atom. The van der Waals surface area contributed by atoms with Crippen molar-refractivity contribution in [2.24, 2.45) is 5.41 Å². The van der Waals surface area contributed by atoms with Crippen LogP contribution in [0.1, 0.15) is 20.3 Å². The van der Waals surface area contributed by atoms with Crippen molar-refractivity contribution in [3.63, 3.8) is 0 Å². The van der Waals surface area contributed by atoms with Crippen LogP contribution >= 0.6 is 23.2 Å². The zero-order chi connectivity index (χ0) is 14.8. The van der Waals surface area contributed by atoms with Gasteiger partial charge in [-0.05, 0) is 36.6 Å². The lowest BCUT2D eigenvalue weighted by Crippen LogP contribution is -2.55. The number of carbonyl (C=O) groups is 1. The van der Waals surface area contributed by atoms with Crippen LogP contribution in [0.4, 0.5) is 10.5 Å². The molecule has 1 unspecified atom stereocenters. The summed E-state index contributed by atoms with van der Waals surface area (Å²) in [5.74, 6) is 0. The maximum absolute atomic E-state index is 12.0. The van der Waals surface area contributed by atoms with Gasteiger partial charge >= 0.3 is 6.03 Å². The minimum atomic E-state index is -0.219. The number of anilines is 1. The molecule has 1 saturated heterocycles. The van der Waals surface area contributed by atoms with Crippen LogP contribution in [0.15, 0.2) is 18.2 Å². The second-order valence-corrected chi connectivity index (χ2v) is 6.55. The minimum absolute atomic E-state index is 0.0350. The third-order valence-corrected chi connectivity index (χ3v) is 4.36. The van der Waals surface area contributed by atoms with Crippen LogP contribution in [0.5, 0.6) is 0 Å². The van der Waals surface area contributed by atoms with Gasteiger partial charge in [-0.3, -0.25) is 0 Å². The van der Waals surface area contributed by atoms with E-state index >= 15 is 0 Å². The highest BCUT2D eigenvalue weighted by Gasteiger charge is 2.33. The second-order valence-electron chi connectivity index (χ2n) is 5.73. The second kappa shape index (κ2) is 6.20. The van der Waals surface area contributed by atoms with E-state index in [2.05, 4.69) is 29.8 Å². The summed E-state index contributed by atoms with van der Waals surface area (Å²) < 4.78 is 0. The molecule has 0 spiro atoms. The molecular weight excluding hydrogens is 297 g/mol. The Morgan fingerprint density at radius 3 is 2.75 bits per heavy atom. The van der Waals surface area contributed by atoms with Crippen molar-refractivity contribution in [1.82, 2.24) is 10.6 Å². The number of piperidine rings is 1. The highest BCUT2D eigenvalue weighted by molar-refractivity contribution is 6.42. The molecule has 0 aliphatic carbocycles. The number of benzene rings is 1. The number of halogens is 2. The van der Waals surface area contributed by atoms with E-state index in [4.69, 9.17) is 23.2 Å². The zero-order valence-corrected chi connectivity index (χ0v) is 13.1. The molecule has 6 heteroatoms. The first kappa shape index (κ1) is 15.4. The van der Waals surface area contributed by atoms with Crippen LogP contribution in [0, 0.1) is 5.41 Å². The summed E-state index contributed by atoms with van der Waals surface area (Å²) in [5.41, 5.74) is 0.663. The summed E-state index contributed by atoms with van der Waals surface area (Å²) in [6.45, 7) is 6.10. The van der Waals surface area contributed by atoms with Crippen molar-refractivity contribution in [2.75, 3.05) is 18.4 Å².